The summed E-state index contributed by atoms with van der Waals surface area (Å²) < 4.78 is 0. The van der Waals surface area contributed by atoms with Crippen molar-refractivity contribution in [2.24, 2.45) is 5.92 Å². The second-order valence-corrected chi connectivity index (χ2v) is 7.80. The molecule has 2 heterocycles. The molecule has 2 amide bonds. The molecule has 3 rings (SSSR count). The van der Waals surface area contributed by atoms with E-state index in [1.807, 2.05) is 41.5 Å². The maximum Gasteiger partial charge on any atom is 0.227 e. The summed E-state index contributed by atoms with van der Waals surface area (Å²) >= 11 is 7.70. The summed E-state index contributed by atoms with van der Waals surface area (Å²) in [5.74, 6) is 0.0859. The second kappa shape index (κ2) is 8.02. The van der Waals surface area contributed by atoms with E-state index in [0.717, 1.165) is 16.1 Å². The Hall–Kier alpha value is -1.85. The Morgan fingerprint density at radius 1 is 1.28 bits per heavy atom. The van der Waals surface area contributed by atoms with Gasteiger partial charge < -0.3 is 10.2 Å². The number of thiophene rings is 1. The van der Waals surface area contributed by atoms with Crippen LogP contribution in [0, 0.1) is 12.8 Å². The average molecular weight is 377 g/mol. The van der Waals surface area contributed by atoms with Crippen LogP contribution in [0.2, 0.25) is 5.02 Å². The number of amides is 2. The highest BCUT2D eigenvalue weighted by molar-refractivity contribution is 7.10. The van der Waals surface area contributed by atoms with Gasteiger partial charge in [0.2, 0.25) is 11.8 Å². The summed E-state index contributed by atoms with van der Waals surface area (Å²) in [4.78, 5) is 27.7. The monoisotopic (exact) mass is 376 g/mol. The number of aryl methyl sites for hydroxylation is 1. The number of hydrogen-bond donors (Lipinski definition) is 1. The van der Waals surface area contributed by atoms with Crippen LogP contribution in [0.4, 0.5) is 5.69 Å². The molecule has 25 heavy (non-hydrogen) atoms. The standard InChI is InChI=1S/C19H21ClN2O2S/c1-13-4-5-15(11-17(13)20)21-19(24)14-6-8-22(9-7-14)18(23)12-16-3-2-10-25-16/h2-5,10-11,14H,6-9,12H2,1H3,(H,21,24). The third kappa shape index (κ3) is 4.61. The predicted molar refractivity (Wildman–Crippen MR) is 102 cm³/mol. The van der Waals surface area contributed by atoms with Gasteiger partial charge in [0.05, 0.1) is 6.42 Å². The number of hydrogen-bond acceptors (Lipinski definition) is 3. The van der Waals surface area contributed by atoms with E-state index in [-0.39, 0.29) is 17.7 Å². The van der Waals surface area contributed by atoms with Crippen molar-refractivity contribution in [3.8, 4) is 0 Å². The van der Waals surface area contributed by atoms with Crippen LogP contribution in [0.3, 0.4) is 0 Å². The number of likely N-dealkylation sites (tertiary alicyclic amines) is 1. The van der Waals surface area contributed by atoms with Gasteiger partial charge in [0.15, 0.2) is 0 Å². The van der Waals surface area contributed by atoms with E-state index in [0.29, 0.717) is 37.4 Å². The van der Waals surface area contributed by atoms with Crippen LogP contribution in [0.15, 0.2) is 35.7 Å². The molecule has 1 fully saturated rings. The molecule has 0 saturated carbocycles. The van der Waals surface area contributed by atoms with Gasteiger partial charge in [-0.05, 0) is 48.9 Å². The van der Waals surface area contributed by atoms with Crippen molar-refractivity contribution in [1.82, 2.24) is 4.90 Å². The molecule has 132 valence electrons. The molecule has 1 aliphatic heterocycles. The van der Waals surface area contributed by atoms with Gasteiger partial charge in [0, 0.05) is 34.6 Å². The molecule has 4 nitrogen and oxygen atoms in total. The minimum atomic E-state index is -0.0640. The van der Waals surface area contributed by atoms with Gasteiger partial charge in [-0.15, -0.1) is 11.3 Å². The quantitative estimate of drug-likeness (QED) is 0.872. The molecule has 2 aromatic rings. The molecule has 6 heteroatoms. The first kappa shape index (κ1) is 18.0. The normalized spacial score (nSPS) is 15.2. The van der Waals surface area contributed by atoms with Crippen molar-refractivity contribution in [3.63, 3.8) is 0 Å². The molecule has 0 atom stereocenters. The summed E-state index contributed by atoms with van der Waals surface area (Å²) in [6.07, 6.45) is 1.85. The van der Waals surface area contributed by atoms with Crippen molar-refractivity contribution < 1.29 is 9.59 Å². The fourth-order valence-corrected chi connectivity index (χ4v) is 3.86. The fraction of sp³-hybridized carbons (Fsp3) is 0.368. The molecule has 1 aromatic heterocycles. The molecule has 0 unspecified atom stereocenters. The van der Waals surface area contributed by atoms with Crippen LogP contribution in [0.5, 0.6) is 0 Å². The van der Waals surface area contributed by atoms with Gasteiger partial charge in [0.1, 0.15) is 0 Å². The third-order valence-electron chi connectivity index (χ3n) is 4.56. The number of nitrogens with one attached hydrogen (secondary N) is 1. The first-order valence-corrected chi connectivity index (χ1v) is 9.66. The smallest absolute Gasteiger partial charge is 0.227 e. The van der Waals surface area contributed by atoms with Gasteiger partial charge in [-0.3, -0.25) is 9.59 Å². The van der Waals surface area contributed by atoms with Crippen molar-refractivity contribution in [2.45, 2.75) is 26.2 Å². The Morgan fingerprint density at radius 3 is 2.68 bits per heavy atom. The Kier molecular flexibility index (Phi) is 5.76. The summed E-state index contributed by atoms with van der Waals surface area (Å²) in [6, 6.07) is 9.47. The molecule has 0 spiro atoms. The van der Waals surface area contributed by atoms with Crippen molar-refractivity contribution >= 4 is 40.4 Å². The largest absolute Gasteiger partial charge is 0.342 e. The number of nitrogens with zero attached hydrogens (tertiary/aromatic N) is 1. The van der Waals surface area contributed by atoms with Crippen LogP contribution in [0.1, 0.15) is 23.3 Å². The SMILES string of the molecule is Cc1ccc(NC(=O)C2CCN(C(=O)Cc3cccs3)CC2)cc1Cl. The van der Waals surface area contributed by atoms with Crippen molar-refractivity contribution in [1.29, 1.82) is 0 Å². The minimum Gasteiger partial charge on any atom is -0.342 e. The van der Waals surface area contributed by atoms with E-state index >= 15 is 0 Å². The van der Waals surface area contributed by atoms with Crippen LogP contribution in [-0.4, -0.2) is 29.8 Å². The first-order valence-electron chi connectivity index (χ1n) is 8.40. The highest BCUT2D eigenvalue weighted by atomic mass is 35.5. The van der Waals surface area contributed by atoms with Gasteiger partial charge in [-0.1, -0.05) is 23.7 Å². The van der Waals surface area contributed by atoms with E-state index < -0.39 is 0 Å². The molecular weight excluding hydrogens is 356 g/mol. The molecule has 1 aromatic carbocycles. The second-order valence-electron chi connectivity index (χ2n) is 6.36. The Labute approximate surface area is 156 Å². The lowest BCUT2D eigenvalue weighted by Gasteiger charge is -2.31. The van der Waals surface area contributed by atoms with Crippen molar-refractivity contribution in [3.05, 3.63) is 51.2 Å². The topological polar surface area (TPSA) is 49.4 Å². The number of carbonyl (C=O) groups is 2. The van der Waals surface area contributed by atoms with Crippen LogP contribution < -0.4 is 5.32 Å². The van der Waals surface area contributed by atoms with Crippen LogP contribution >= 0.6 is 22.9 Å². The van der Waals surface area contributed by atoms with E-state index in [1.54, 1.807) is 17.4 Å². The molecule has 1 N–H and O–H groups in total. The zero-order valence-electron chi connectivity index (χ0n) is 14.1. The Bertz CT molecular complexity index is 753. The maximum atomic E-state index is 12.4. The number of rotatable bonds is 4. The van der Waals surface area contributed by atoms with E-state index in [4.69, 9.17) is 11.6 Å². The maximum absolute atomic E-state index is 12.4. The molecule has 0 bridgehead atoms. The lowest BCUT2D eigenvalue weighted by atomic mass is 9.95. The zero-order valence-corrected chi connectivity index (χ0v) is 15.7. The molecule has 1 saturated heterocycles. The highest BCUT2D eigenvalue weighted by Gasteiger charge is 2.27. The van der Waals surface area contributed by atoms with Gasteiger partial charge in [0.25, 0.3) is 0 Å². The summed E-state index contributed by atoms with van der Waals surface area (Å²) in [5.41, 5.74) is 1.70. The average Bonchev–Trinajstić information content (AvgIpc) is 3.11. The van der Waals surface area contributed by atoms with Gasteiger partial charge in [-0.25, -0.2) is 0 Å². The molecule has 1 aliphatic rings. The first-order chi connectivity index (χ1) is 12.0. The van der Waals surface area contributed by atoms with Crippen molar-refractivity contribution in [2.75, 3.05) is 18.4 Å². The Morgan fingerprint density at radius 2 is 2.04 bits per heavy atom. The molecule has 0 radical (unpaired) electrons. The summed E-state index contributed by atoms with van der Waals surface area (Å²) in [6.45, 7) is 3.20. The van der Waals surface area contributed by atoms with Gasteiger partial charge >= 0.3 is 0 Å². The molecule has 0 aliphatic carbocycles. The minimum absolute atomic E-state index is 0.00488. The van der Waals surface area contributed by atoms with Crippen LogP contribution in [-0.2, 0) is 16.0 Å². The van der Waals surface area contributed by atoms with Gasteiger partial charge in [-0.2, -0.15) is 0 Å². The predicted octanol–water partition coefficient (Wildman–Crippen LogP) is 4.13. The van der Waals surface area contributed by atoms with E-state index in [1.165, 1.54) is 0 Å². The number of carbonyl (C=O) groups excluding carboxylic acids is 2. The number of anilines is 1. The van der Waals surface area contributed by atoms with E-state index in [9.17, 15) is 9.59 Å². The number of piperidine rings is 1. The number of halogens is 1. The number of benzene rings is 1. The Balaban J connectivity index is 1.50. The lowest BCUT2D eigenvalue weighted by Crippen LogP contribution is -2.42. The third-order valence-corrected chi connectivity index (χ3v) is 5.85. The summed E-state index contributed by atoms with van der Waals surface area (Å²) in [7, 11) is 0. The van der Waals surface area contributed by atoms with Crippen LogP contribution in [0.25, 0.3) is 0 Å². The zero-order chi connectivity index (χ0) is 17.8. The lowest BCUT2D eigenvalue weighted by molar-refractivity contribution is -0.133. The fourth-order valence-electron chi connectivity index (χ4n) is 2.98. The summed E-state index contributed by atoms with van der Waals surface area (Å²) in [5, 5.41) is 5.56. The molecular formula is C19H21ClN2O2S. The van der Waals surface area contributed by atoms with E-state index in [2.05, 4.69) is 5.32 Å². The highest BCUT2D eigenvalue weighted by Crippen LogP contribution is 2.23.